The monoisotopic (exact) mass is 252 g/mol. The van der Waals surface area contributed by atoms with Crippen LogP contribution < -0.4 is 5.73 Å². The Balaban J connectivity index is 2.05. The highest BCUT2D eigenvalue weighted by atomic mass is 35.5. The van der Waals surface area contributed by atoms with E-state index in [9.17, 15) is 0 Å². The maximum Gasteiger partial charge on any atom is 0.0471 e. The first-order valence-corrected chi connectivity index (χ1v) is 6.60. The topological polar surface area (TPSA) is 29.3 Å². The zero-order valence-corrected chi connectivity index (χ0v) is 11.4. The number of benzene rings is 1. The normalized spacial score (nSPS) is 20.4. The van der Waals surface area contributed by atoms with E-state index < -0.39 is 0 Å². The van der Waals surface area contributed by atoms with Crippen molar-refractivity contribution in [3.05, 3.63) is 28.8 Å². The van der Waals surface area contributed by atoms with Gasteiger partial charge in [-0.15, -0.1) is 0 Å². The van der Waals surface area contributed by atoms with Crippen LogP contribution in [0, 0.1) is 5.41 Å². The van der Waals surface area contributed by atoms with E-state index in [1.165, 1.54) is 24.9 Å². The predicted molar refractivity (Wildman–Crippen MR) is 74.2 cm³/mol. The number of hydrogen-bond donors (Lipinski definition) is 1. The van der Waals surface area contributed by atoms with E-state index in [-0.39, 0.29) is 0 Å². The first-order chi connectivity index (χ1) is 7.96. The van der Waals surface area contributed by atoms with Crippen molar-refractivity contribution in [3.8, 4) is 0 Å². The number of halogens is 1. The molecule has 0 saturated carbocycles. The molecule has 0 aromatic heterocycles. The predicted octanol–water partition coefficient (Wildman–Crippen LogP) is 3.54. The number of nitrogen functional groups attached to an aromatic ring is 1. The van der Waals surface area contributed by atoms with E-state index in [1.807, 2.05) is 18.2 Å². The van der Waals surface area contributed by atoms with E-state index in [2.05, 4.69) is 18.7 Å². The lowest BCUT2D eigenvalue weighted by Gasteiger charge is -2.38. The molecule has 2 rings (SSSR count). The number of anilines is 1. The lowest BCUT2D eigenvalue weighted by Crippen LogP contribution is -2.39. The summed E-state index contributed by atoms with van der Waals surface area (Å²) in [7, 11) is 0. The second-order valence-electron chi connectivity index (χ2n) is 5.83. The molecule has 17 heavy (non-hydrogen) atoms. The molecule has 3 heteroatoms. The van der Waals surface area contributed by atoms with Crippen molar-refractivity contribution in [2.24, 2.45) is 5.41 Å². The van der Waals surface area contributed by atoms with E-state index >= 15 is 0 Å². The Hall–Kier alpha value is -0.730. The summed E-state index contributed by atoms with van der Waals surface area (Å²) in [5, 5.41) is 0.786. The molecular weight excluding hydrogens is 232 g/mol. The van der Waals surface area contributed by atoms with Gasteiger partial charge in [0, 0.05) is 23.8 Å². The third-order valence-electron chi connectivity index (χ3n) is 3.45. The minimum Gasteiger partial charge on any atom is -0.399 e. The van der Waals surface area contributed by atoms with Crippen LogP contribution in [0.1, 0.15) is 32.3 Å². The molecule has 0 radical (unpaired) electrons. The zero-order chi connectivity index (χ0) is 12.5. The second-order valence-corrected chi connectivity index (χ2v) is 6.24. The van der Waals surface area contributed by atoms with Gasteiger partial charge in [0.1, 0.15) is 0 Å². The van der Waals surface area contributed by atoms with Crippen LogP contribution in [0.2, 0.25) is 5.02 Å². The van der Waals surface area contributed by atoms with Crippen LogP contribution >= 0.6 is 11.6 Å². The molecule has 1 heterocycles. The van der Waals surface area contributed by atoms with Crippen molar-refractivity contribution in [3.63, 3.8) is 0 Å². The maximum absolute atomic E-state index is 6.21. The van der Waals surface area contributed by atoms with Crippen molar-refractivity contribution >= 4 is 17.3 Å². The minimum absolute atomic E-state index is 0.429. The number of hydrogen-bond acceptors (Lipinski definition) is 2. The van der Waals surface area contributed by atoms with Crippen molar-refractivity contribution in [1.29, 1.82) is 0 Å². The van der Waals surface area contributed by atoms with E-state index in [4.69, 9.17) is 17.3 Å². The molecular formula is C14H21ClN2. The Kier molecular flexibility index (Phi) is 3.64. The molecule has 94 valence electrons. The molecule has 0 amide bonds. The molecule has 0 atom stereocenters. The molecule has 1 aromatic carbocycles. The fourth-order valence-electron chi connectivity index (χ4n) is 2.61. The minimum atomic E-state index is 0.429. The number of rotatable bonds is 2. The largest absolute Gasteiger partial charge is 0.399 e. The molecule has 1 aliphatic heterocycles. The Morgan fingerprint density at radius 2 is 2.18 bits per heavy atom. The average Bonchev–Trinajstić information content (AvgIpc) is 2.21. The smallest absolute Gasteiger partial charge is 0.0471 e. The molecule has 1 aromatic rings. The Morgan fingerprint density at radius 1 is 1.41 bits per heavy atom. The lowest BCUT2D eigenvalue weighted by molar-refractivity contribution is 0.112. The Bertz CT molecular complexity index is 401. The van der Waals surface area contributed by atoms with Gasteiger partial charge in [-0.1, -0.05) is 31.5 Å². The van der Waals surface area contributed by atoms with Gasteiger partial charge in [-0.2, -0.15) is 0 Å². The summed E-state index contributed by atoms with van der Waals surface area (Å²) >= 11 is 6.21. The van der Waals surface area contributed by atoms with Crippen LogP contribution in [0.4, 0.5) is 5.69 Å². The van der Waals surface area contributed by atoms with Gasteiger partial charge in [0.15, 0.2) is 0 Å². The van der Waals surface area contributed by atoms with Gasteiger partial charge in [-0.3, -0.25) is 4.90 Å². The fraction of sp³-hybridized carbons (Fsp3) is 0.571. The number of nitrogens with zero attached hydrogens (tertiary/aromatic N) is 1. The highest BCUT2D eigenvalue weighted by molar-refractivity contribution is 6.31. The third-order valence-corrected chi connectivity index (χ3v) is 3.80. The standard InChI is InChI=1S/C14H21ClN2/c1-14(2)6-3-7-17(10-14)9-11-4-5-12(16)8-13(11)15/h4-5,8H,3,6-7,9-10,16H2,1-2H3. The summed E-state index contributed by atoms with van der Waals surface area (Å²) in [4.78, 5) is 2.49. The molecule has 0 bridgehead atoms. The van der Waals surface area contributed by atoms with Crippen LogP contribution in [-0.4, -0.2) is 18.0 Å². The van der Waals surface area contributed by atoms with Gasteiger partial charge in [-0.25, -0.2) is 0 Å². The van der Waals surface area contributed by atoms with Gasteiger partial charge in [0.2, 0.25) is 0 Å². The Labute approximate surface area is 109 Å². The quantitative estimate of drug-likeness (QED) is 0.816. The zero-order valence-electron chi connectivity index (χ0n) is 10.7. The third kappa shape index (κ3) is 3.36. The maximum atomic E-state index is 6.21. The number of likely N-dealkylation sites (tertiary alicyclic amines) is 1. The van der Waals surface area contributed by atoms with E-state index in [0.29, 0.717) is 5.41 Å². The van der Waals surface area contributed by atoms with Crippen molar-refractivity contribution < 1.29 is 0 Å². The lowest BCUT2D eigenvalue weighted by atomic mass is 9.84. The average molecular weight is 253 g/mol. The van der Waals surface area contributed by atoms with E-state index in [1.54, 1.807) is 0 Å². The van der Waals surface area contributed by atoms with E-state index in [0.717, 1.165) is 23.8 Å². The molecule has 0 spiro atoms. The van der Waals surface area contributed by atoms with Crippen LogP contribution in [0.25, 0.3) is 0 Å². The molecule has 0 unspecified atom stereocenters. The number of nitrogens with two attached hydrogens (primary N) is 1. The summed E-state index contributed by atoms with van der Waals surface area (Å²) in [6.07, 6.45) is 2.60. The van der Waals surface area contributed by atoms with Gasteiger partial charge in [0.05, 0.1) is 0 Å². The van der Waals surface area contributed by atoms with Crippen LogP contribution in [0.3, 0.4) is 0 Å². The summed E-state index contributed by atoms with van der Waals surface area (Å²) in [6, 6.07) is 5.81. The first-order valence-electron chi connectivity index (χ1n) is 6.23. The molecule has 1 fully saturated rings. The highest BCUT2D eigenvalue weighted by Gasteiger charge is 2.26. The summed E-state index contributed by atoms with van der Waals surface area (Å²) in [5.41, 5.74) is 8.05. The van der Waals surface area contributed by atoms with Crippen molar-refractivity contribution in [2.75, 3.05) is 18.8 Å². The molecule has 2 N–H and O–H groups in total. The van der Waals surface area contributed by atoms with Gasteiger partial charge in [0.25, 0.3) is 0 Å². The van der Waals surface area contributed by atoms with Crippen molar-refractivity contribution in [2.45, 2.75) is 33.2 Å². The van der Waals surface area contributed by atoms with Crippen molar-refractivity contribution in [1.82, 2.24) is 4.90 Å². The van der Waals surface area contributed by atoms with Gasteiger partial charge < -0.3 is 5.73 Å². The second kappa shape index (κ2) is 4.87. The first kappa shape index (κ1) is 12.7. The summed E-state index contributed by atoms with van der Waals surface area (Å²) < 4.78 is 0. The van der Waals surface area contributed by atoms with Gasteiger partial charge >= 0.3 is 0 Å². The molecule has 1 saturated heterocycles. The van der Waals surface area contributed by atoms with Gasteiger partial charge in [-0.05, 0) is 42.5 Å². The molecule has 2 nitrogen and oxygen atoms in total. The Morgan fingerprint density at radius 3 is 2.82 bits per heavy atom. The van der Waals surface area contributed by atoms with Crippen LogP contribution in [-0.2, 0) is 6.54 Å². The molecule has 0 aliphatic carbocycles. The summed E-state index contributed by atoms with van der Waals surface area (Å²) in [6.45, 7) is 7.92. The SMILES string of the molecule is CC1(C)CCCN(Cc2ccc(N)cc2Cl)C1. The molecule has 1 aliphatic rings. The highest BCUT2D eigenvalue weighted by Crippen LogP contribution is 2.30. The number of piperidine rings is 1. The van der Waals surface area contributed by atoms with Crippen LogP contribution in [0.15, 0.2) is 18.2 Å². The summed E-state index contributed by atoms with van der Waals surface area (Å²) in [5.74, 6) is 0. The fourth-order valence-corrected chi connectivity index (χ4v) is 2.86. The van der Waals surface area contributed by atoms with Crippen LogP contribution in [0.5, 0.6) is 0 Å².